The van der Waals surface area contributed by atoms with Gasteiger partial charge >= 0.3 is 5.97 Å². The number of nitrogens with zero attached hydrogens (tertiary/aromatic N) is 1. The summed E-state index contributed by atoms with van der Waals surface area (Å²) in [5.41, 5.74) is 2.55. The number of halogens is 1. The van der Waals surface area contributed by atoms with Gasteiger partial charge in [-0.25, -0.2) is 14.2 Å². The third kappa shape index (κ3) is 4.95. The number of rotatable bonds is 9. The number of methoxy groups -OCH3 is 1. The van der Waals surface area contributed by atoms with Crippen molar-refractivity contribution in [1.82, 2.24) is 4.98 Å². The minimum atomic E-state index is -0.960. The molecule has 1 aliphatic rings. The zero-order chi connectivity index (χ0) is 24.1. The summed E-state index contributed by atoms with van der Waals surface area (Å²) in [5.74, 6) is -0.891. The van der Waals surface area contributed by atoms with Crippen LogP contribution >= 0.6 is 0 Å². The average Bonchev–Trinajstić information content (AvgIpc) is 3.30. The fraction of sp³-hybridized carbons (Fsp3) is 0.333. The molecule has 34 heavy (non-hydrogen) atoms. The summed E-state index contributed by atoms with van der Waals surface area (Å²) in [6, 6.07) is 11.4. The Morgan fingerprint density at radius 1 is 1.24 bits per heavy atom. The molecule has 1 aromatic heterocycles. The summed E-state index contributed by atoms with van der Waals surface area (Å²) >= 11 is 0. The molecule has 1 aliphatic carbocycles. The van der Waals surface area contributed by atoms with Gasteiger partial charge in [-0.05, 0) is 61.6 Å². The van der Waals surface area contributed by atoms with Crippen molar-refractivity contribution in [2.75, 3.05) is 13.7 Å². The van der Waals surface area contributed by atoms with Crippen LogP contribution < -0.4 is 0 Å². The van der Waals surface area contributed by atoms with E-state index in [-0.39, 0.29) is 18.0 Å². The van der Waals surface area contributed by atoms with E-state index in [4.69, 9.17) is 13.9 Å². The first kappa shape index (κ1) is 23.9. The Kier molecular flexibility index (Phi) is 7.24. The van der Waals surface area contributed by atoms with E-state index < -0.39 is 17.5 Å². The second-order valence-corrected chi connectivity index (χ2v) is 8.68. The summed E-state index contributed by atoms with van der Waals surface area (Å²) in [6.45, 7) is 2.33. The molecule has 7 heteroatoms. The number of aromatic nitrogens is 1. The second-order valence-electron chi connectivity index (χ2n) is 8.68. The molecule has 1 N–H and O–H groups in total. The Morgan fingerprint density at radius 2 is 2.03 bits per heavy atom. The third-order valence-electron chi connectivity index (χ3n) is 6.39. The molecule has 6 nitrogen and oxygen atoms in total. The maximum Gasteiger partial charge on any atom is 0.336 e. The molecule has 0 spiro atoms. The Morgan fingerprint density at radius 3 is 2.71 bits per heavy atom. The molecule has 0 bridgehead atoms. The van der Waals surface area contributed by atoms with Crippen LogP contribution in [-0.4, -0.2) is 29.8 Å². The normalized spacial score (nSPS) is 18.7. The number of oxazole rings is 1. The van der Waals surface area contributed by atoms with Crippen molar-refractivity contribution in [2.24, 2.45) is 5.41 Å². The molecule has 0 amide bonds. The molecule has 2 aromatic carbocycles. The van der Waals surface area contributed by atoms with Crippen molar-refractivity contribution < 1.29 is 28.2 Å². The van der Waals surface area contributed by atoms with Crippen molar-refractivity contribution in [3.63, 3.8) is 0 Å². The van der Waals surface area contributed by atoms with Crippen LogP contribution in [0, 0.1) is 18.2 Å². The van der Waals surface area contributed by atoms with E-state index in [0.29, 0.717) is 34.9 Å². The van der Waals surface area contributed by atoms with E-state index in [1.807, 2.05) is 6.07 Å². The van der Waals surface area contributed by atoms with Crippen LogP contribution in [0.1, 0.15) is 52.5 Å². The lowest BCUT2D eigenvalue weighted by atomic mass is 9.72. The third-order valence-corrected chi connectivity index (χ3v) is 6.39. The van der Waals surface area contributed by atoms with Crippen LogP contribution in [0.2, 0.25) is 0 Å². The predicted molar refractivity (Wildman–Crippen MR) is 125 cm³/mol. The first-order valence-corrected chi connectivity index (χ1v) is 11.2. The van der Waals surface area contributed by atoms with Gasteiger partial charge in [0.15, 0.2) is 0 Å². The molecule has 178 valence electrons. The van der Waals surface area contributed by atoms with Gasteiger partial charge in [0.1, 0.15) is 23.9 Å². The van der Waals surface area contributed by atoms with Gasteiger partial charge < -0.3 is 19.0 Å². The van der Waals surface area contributed by atoms with E-state index in [9.17, 15) is 14.3 Å². The molecule has 2 atom stereocenters. The predicted octanol–water partition coefficient (Wildman–Crippen LogP) is 6.12. The van der Waals surface area contributed by atoms with E-state index in [1.54, 1.807) is 44.6 Å². The number of ether oxygens (including phenoxy) is 2. The minimum Gasteiger partial charge on any atom is -0.478 e. The van der Waals surface area contributed by atoms with Crippen LogP contribution in [0.3, 0.4) is 0 Å². The lowest BCUT2D eigenvalue weighted by molar-refractivity contribution is -0.0784. The number of hydrogen-bond donors (Lipinski definition) is 1. The van der Waals surface area contributed by atoms with Crippen molar-refractivity contribution in [3.8, 4) is 11.5 Å². The second kappa shape index (κ2) is 10.3. The van der Waals surface area contributed by atoms with Gasteiger partial charge in [-0.3, -0.25) is 0 Å². The Hall–Kier alpha value is -3.29. The standard InChI is InChI=1S/C27H28FNO5/c1-18-7-6-8-20(23(18)26(30)31)15-33-17-27(13-4-3-5-14-27)24(32-2)22-16-34-25(29-22)19-9-11-21(28)12-10-19/h3-4,6-12,16,24H,5,13-15,17H2,1-2H3,(H,30,31). The van der Waals surface area contributed by atoms with Gasteiger partial charge in [-0.2, -0.15) is 0 Å². The molecule has 1 heterocycles. The zero-order valence-corrected chi connectivity index (χ0v) is 19.3. The molecule has 4 rings (SSSR count). The maximum absolute atomic E-state index is 13.3. The first-order valence-electron chi connectivity index (χ1n) is 11.2. The van der Waals surface area contributed by atoms with E-state index in [0.717, 1.165) is 19.3 Å². The highest BCUT2D eigenvalue weighted by atomic mass is 19.1. The highest BCUT2D eigenvalue weighted by Crippen LogP contribution is 2.46. The van der Waals surface area contributed by atoms with Gasteiger partial charge in [0.05, 0.1) is 18.8 Å². The van der Waals surface area contributed by atoms with Gasteiger partial charge in [0, 0.05) is 18.1 Å². The smallest absolute Gasteiger partial charge is 0.336 e. The number of allylic oxidation sites excluding steroid dienone is 2. The Bertz CT molecular complexity index is 1170. The zero-order valence-electron chi connectivity index (χ0n) is 19.3. The fourth-order valence-electron chi connectivity index (χ4n) is 4.69. The SMILES string of the molecule is COC(c1coc(-c2ccc(F)cc2)n1)C1(COCc2cccc(C)c2C(=O)O)CC=CCC1. The molecule has 0 radical (unpaired) electrons. The lowest BCUT2D eigenvalue weighted by Crippen LogP contribution is -2.36. The van der Waals surface area contributed by atoms with Crippen LogP contribution in [0.25, 0.3) is 11.5 Å². The van der Waals surface area contributed by atoms with Crippen LogP contribution in [0.4, 0.5) is 4.39 Å². The van der Waals surface area contributed by atoms with Crippen LogP contribution in [0.5, 0.6) is 0 Å². The summed E-state index contributed by atoms with van der Waals surface area (Å²) in [6.07, 6.45) is 7.86. The topological polar surface area (TPSA) is 81.8 Å². The number of aromatic carboxylic acids is 1. The maximum atomic E-state index is 13.3. The van der Waals surface area contributed by atoms with Gasteiger partial charge in [-0.1, -0.05) is 30.4 Å². The number of carbonyl (C=O) groups is 1. The molecule has 0 saturated carbocycles. The summed E-state index contributed by atoms with van der Waals surface area (Å²) in [5, 5.41) is 9.61. The largest absolute Gasteiger partial charge is 0.478 e. The van der Waals surface area contributed by atoms with E-state index >= 15 is 0 Å². The highest BCUT2D eigenvalue weighted by molar-refractivity contribution is 5.91. The van der Waals surface area contributed by atoms with Crippen molar-refractivity contribution in [3.05, 3.63) is 89.1 Å². The number of benzene rings is 2. The van der Waals surface area contributed by atoms with Crippen molar-refractivity contribution in [1.29, 1.82) is 0 Å². The van der Waals surface area contributed by atoms with Crippen molar-refractivity contribution in [2.45, 2.75) is 38.9 Å². The highest BCUT2D eigenvalue weighted by Gasteiger charge is 2.42. The molecule has 0 aliphatic heterocycles. The summed E-state index contributed by atoms with van der Waals surface area (Å²) < 4.78 is 31.1. The van der Waals surface area contributed by atoms with Gasteiger partial charge in [0.25, 0.3) is 0 Å². The average molecular weight is 466 g/mol. The lowest BCUT2D eigenvalue weighted by Gasteiger charge is -2.40. The van der Waals surface area contributed by atoms with Crippen LogP contribution in [0.15, 0.2) is 65.3 Å². The number of aryl methyl sites for hydroxylation is 1. The first-order chi connectivity index (χ1) is 16.4. The van der Waals surface area contributed by atoms with E-state index in [2.05, 4.69) is 17.1 Å². The number of carboxylic acids is 1. The minimum absolute atomic E-state index is 0.185. The van der Waals surface area contributed by atoms with Gasteiger partial charge in [0.2, 0.25) is 5.89 Å². The molecule has 0 fully saturated rings. The molecule has 2 unspecified atom stereocenters. The molecular formula is C27H28FNO5. The Balaban J connectivity index is 1.56. The van der Waals surface area contributed by atoms with Gasteiger partial charge in [-0.15, -0.1) is 0 Å². The summed E-state index contributed by atoms with van der Waals surface area (Å²) in [4.78, 5) is 16.4. The fourth-order valence-corrected chi connectivity index (χ4v) is 4.69. The number of carboxylic acid groups (broad SMARTS) is 1. The van der Waals surface area contributed by atoms with Crippen molar-refractivity contribution >= 4 is 5.97 Å². The monoisotopic (exact) mass is 465 g/mol. The quantitative estimate of drug-likeness (QED) is 0.384. The molecular weight excluding hydrogens is 437 g/mol. The Labute approximate surface area is 198 Å². The molecule has 3 aromatic rings. The summed E-state index contributed by atoms with van der Waals surface area (Å²) in [7, 11) is 1.64. The van der Waals surface area contributed by atoms with Crippen LogP contribution in [-0.2, 0) is 16.1 Å². The number of hydrogen-bond acceptors (Lipinski definition) is 5. The molecule has 0 saturated heterocycles. The van der Waals surface area contributed by atoms with E-state index in [1.165, 1.54) is 12.1 Å².